The molecule has 0 unspecified atom stereocenters. The summed E-state index contributed by atoms with van der Waals surface area (Å²) in [5.74, 6) is -7.43. The Bertz CT molecular complexity index is 1400. The number of hydrogen-bond donors (Lipinski definition) is 6. The highest BCUT2D eigenvalue weighted by Crippen LogP contribution is 2.53. The van der Waals surface area contributed by atoms with E-state index in [1.54, 1.807) is 33.1 Å². The Morgan fingerprint density at radius 2 is 1.83 bits per heavy atom. The van der Waals surface area contributed by atoms with Gasteiger partial charge in [0.1, 0.15) is 17.1 Å². The molecule has 222 valence electrons. The lowest BCUT2D eigenvalue weighted by molar-refractivity contribution is -0.148. The topological polar surface area (TPSA) is 203 Å². The van der Waals surface area contributed by atoms with Crippen molar-refractivity contribution in [3.63, 3.8) is 0 Å². The first kappa shape index (κ1) is 29.9. The number of phenols is 1. The molecule has 0 bridgehead atoms. The van der Waals surface area contributed by atoms with Gasteiger partial charge in [-0.2, -0.15) is 0 Å². The van der Waals surface area contributed by atoms with Crippen LogP contribution in [0.2, 0.25) is 0 Å². The minimum Gasteiger partial charge on any atom is -0.510 e. The molecule has 41 heavy (non-hydrogen) atoms. The van der Waals surface area contributed by atoms with E-state index < -0.39 is 69.9 Å². The Labute approximate surface area is 236 Å². The Balaban J connectivity index is 1.88. The number of hydrogen-bond acceptors (Lipinski definition) is 11. The Kier molecular flexibility index (Phi) is 7.80. The summed E-state index contributed by atoms with van der Waals surface area (Å²) in [6.45, 7) is 2.09. The molecule has 0 saturated heterocycles. The van der Waals surface area contributed by atoms with Crippen molar-refractivity contribution in [1.29, 1.82) is 0 Å². The van der Waals surface area contributed by atoms with Gasteiger partial charge in [-0.05, 0) is 50.9 Å². The fourth-order valence-electron chi connectivity index (χ4n) is 6.25. The summed E-state index contributed by atoms with van der Waals surface area (Å²) in [6.07, 6.45) is 0.712. The number of carbonyl (C=O) groups excluding carboxylic acids is 4. The highest BCUT2D eigenvalue weighted by Gasteiger charge is 2.63. The lowest BCUT2D eigenvalue weighted by Crippen LogP contribution is -2.63. The summed E-state index contributed by atoms with van der Waals surface area (Å²) in [5.41, 5.74) is 2.12. The van der Waals surface area contributed by atoms with Gasteiger partial charge in [-0.15, -0.1) is 0 Å². The molecule has 3 aliphatic carbocycles. The number of ether oxygens (including phenoxy) is 1. The Hall–Kier alpha value is -4.10. The van der Waals surface area contributed by atoms with E-state index in [0.717, 1.165) is 6.42 Å². The number of Topliss-reactive ketones (excluding diaryl/α,β-unsaturated/α-hetero) is 2. The van der Waals surface area contributed by atoms with Gasteiger partial charge in [-0.25, -0.2) is 4.79 Å². The van der Waals surface area contributed by atoms with Gasteiger partial charge in [0.05, 0.1) is 23.9 Å². The van der Waals surface area contributed by atoms with Crippen LogP contribution in [-0.2, 0) is 20.7 Å². The second-order valence-corrected chi connectivity index (χ2v) is 11.1. The normalized spacial score (nSPS) is 25.5. The second-order valence-electron chi connectivity index (χ2n) is 11.1. The minimum atomic E-state index is -2.73. The molecule has 7 N–H and O–H groups in total. The first-order valence-electron chi connectivity index (χ1n) is 13.3. The monoisotopic (exact) mass is 572 g/mol. The minimum absolute atomic E-state index is 0.0247. The molecular weight excluding hydrogens is 536 g/mol. The number of nitrogens with zero attached hydrogens (tertiary/aromatic N) is 2. The molecule has 0 aromatic heterocycles. The molecule has 1 aromatic rings. The number of amides is 2. The number of aliphatic hydroxyl groups excluding tert-OH is 2. The van der Waals surface area contributed by atoms with Gasteiger partial charge in [0.25, 0.3) is 5.91 Å². The predicted molar refractivity (Wildman–Crippen MR) is 148 cm³/mol. The summed E-state index contributed by atoms with van der Waals surface area (Å²) in [5, 5.41) is 47.7. The van der Waals surface area contributed by atoms with Gasteiger partial charge in [-0.3, -0.25) is 24.6 Å². The SMILES string of the molecule is CCCCOC(=O)Nc1cc(N(C)C)c2c(c1O)C(=O)C1=C(O)[C@@]3(O)C(=O)C(C(N)=O)=C(O)[C@H](N(C)C)[C@H]3C[C@H]1C2. The number of fused-ring (bicyclic) bond motifs is 3. The third-order valence-electron chi connectivity index (χ3n) is 8.15. The third kappa shape index (κ3) is 4.58. The first-order chi connectivity index (χ1) is 19.2. The van der Waals surface area contributed by atoms with E-state index in [2.05, 4.69) is 5.32 Å². The van der Waals surface area contributed by atoms with Gasteiger partial charge in [-0.1, -0.05) is 13.3 Å². The number of unbranched alkanes of at least 4 members (excludes halogenated alkanes) is 1. The Morgan fingerprint density at radius 3 is 2.39 bits per heavy atom. The standard InChI is InChI=1S/C28H36N4O9/c1-6-7-8-41-27(39)30-15-11-16(31(2)3)13-9-12-10-14-20(32(4)5)23(35)19(26(29)38)25(37)28(14,40)24(36)17(12)22(34)18(13)21(15)33/h11-12,14,20,33,35-36,40H,6-10H2,1-5H3,(H2,29,38)(H,30,39)/t12-,14-,20-,28-/m1/s1. The molecule has 0 spiro atoms. The van der Waals surface area contributed by atoms with Crippen LogP contribution in [0.5, 0.6) is 5.75 Å². The van der Waals surface area contributed by atoms with E-state index in [4.69, 9.17) is 10.5 Å². The van der Waals surface area contributed by atoms with Crippen molar-refractivity contribution < 1.29 is 44.3 Å². The number of phenolic OH excluding ortho intramolecular Hbond substituents is 1. The number of nitrogens with two attached hydrogens (primary N) is 1. The van der Waals surface area contributed by atoms with Gasteiger partial charge in [0, 0.05) is 31.3 Å². The van der Waals surface area contributed by atoms with Crippen LogP contribution >= 0.6 is 0 Å². The highest BCUT2D eigenvalue weighted by atomic mass is 16.5. The van der Waals surface area contributed by atoms with Crippen LogP contribution in [-0.4, -0.2) is 95.3 Å². The van der Waals surface area contributed by atoms with E-state index in [9.17, 15) is 39.6 Å². The number of benzene rings is 1. The lowest BCUT2D eigenvalue weighted by atomic mass is 9.58. The number of allylic oxidation sites excluding steroid dienone is 1. The molecule has 0 aliphatic heterocycles. The van der Waals surface area contributed by atoms with Crippen molar-refractivity contribution in [1.82, 2.24) is 4.90 Å². The molecular formula is C28H36N4O9. The average Bonchev–Trinajstić information content (AvgIpc) is 2.87. The zero-order chi connectivity index (χ0) is 30.5. The number of rotatable bonds is 7. The van der Waals surface area contributed by atoms with E-state index in [1.807, 2.05) is 6.92 Å². The van der Waals surface area contributed by atoms with Crippen molar-refractivity contribution in [2.45, 2.75) is 44.2 Å². The second kappa shape index (κ2) is 10.7. The molecule has 13 nitrogen and oxygen atoms in total. The fourth-order valence-corrected chi connectivity index (χ4v) is 6.25. The first-order valence-corrected chi connectivity index (χ1v) is 13.3. The number of anilines is 2. The third-order valence-corrected chi connectivity index (χ3v) is 8.15. The van der Waals surface area contributed by atoms with Crippen molar-refractivity contribution in [3.8, 4) is 5.75 Å². The summed E-state index contributed by atoms with van der Waals surface area (Å²) >= 11 is 0. The van der Waals surface area contributed by atoms with E-state index >= 15 is 0 Å². The zero-order valence-corrected chi connectivity index (χ0v) is 23.6. The largest absolute Gasteiger partial charge is 0.510 e. The van der Waals surface area contributed by atoms with E-state index in [1.165, 1.54) is 11.0 Å². The van der Waals surface area contributed by atoms with Gasteiger partial charge in [0.15, 0.2) is 17.1 Å². The van der Waals surface area contributed by atoms with Crippen LogP contribution < -0.4 is 16.0 Å². The van der Waals surface area contributed by atoms with E-state index in [0.29, 0.717) is 17.7 Å². The van der Waals surface area contributed by atoms with Crippen molar-refractivity contribution in [2.75, 3.05) is 45.0 Å². The molecule has 0 fully saturated rings. The highest BCUT2D eigenvalue weighted by molar-refractivity contribution is 6.25. The van der Waals surface area contributed by atoms with Gasteiger partial charge < -0.3 is 35.8 Å². The van der Waals surface area contributed by atoms with Crippen molar-refractivity contribution in [2.24, 2.45) is 17.6 Å². The number of aliphatic hydroxyl groups is 3. The van der Waals surface area contributed by atoms with Crippen LogP contribution in [0, 0.1) is 11.8 Å². The lowest BCUT2D eigenvalue weighted by Gasteiger charge is -2.50. The molecule has 1 aromatic carbocycles. The predicted octanol–water partition coefficient (Wildman–Crippen LogP) is 1.54. The van der Waals surface area contributed by atoms with Crippen LogP contribution in [0.1, 0.15) is 42.1 Å². The fraction of sp³-hybridized carbons (Fsp3) is 0.500. The van der Waals surface area contributed by atoms with Gasteiger partial charge in [0.2, 0.25) is 5.78 Å². The Morgan fingerprint density at radius 1 is 1.17 bits per heavy atom. The quantitative estimate of drug-likeness (QED) is 0.157. The maximum Gasteiger partial charge on any atom is 0.411 e. The van der Waals surface area contributed by atoms with Crippen molar-refractivity contribution >= 4 is 34.9 Å². The van der Waals surface area contributed by atoms with Crippen LogP contribution in [0.3, 0.4) is 0 Å². The number of carbonyl (C=O) groups is 4. The van der Waals surface area contributed by atoms with Crippen LogP contribution in [0.4, 0.5) is 16.2 Å². The maximum atomic E-state index is 14.0. The summed E-state index contributed by atoms with van der Waals surface area (Å²) in [4.78, 5) is 55.1. The molecule has 0 heterocycles. The molecule has 0 saturated carbocycles. The maximum absolute atomic E-state index is 14.0. The average molecular weight is 573 g/mol. The molecule has 2 amide bonds. The zero-order valence-electron chi connectivity index (χ0n) is 23.6. The van der Waals surface area contributed by atoms with Crippen molar-refractivity contribution in [3.05, 3.63) is 39.9 Å². The summed E-state index contributed by atoms with van der Waals surface area (Å²) < 4.78 is 5.12. The number of primary amides is 1. The molecule has 13 heteroatoms. The van der Waals surface area contributed by atoms with Crippen LogP contribution in [0.25, 0.3) is 0 Å². The van der Waals surface area contributed by atoms with E-state index in [-0.39, 0.29) is 36.3 Å². The number of nitrogens with one attached hydrogen (secondary N) is 1. The molecule has 0 radical (unpaired) electrons. The summed E-state index contributed by atoms with van der Waals surface area (Å²) in [7, 11) is 6.58. The molecule has 3 aliphatic rings. The number of ketones is 2. The van der Waals surface area contributed by atoms with Gasteiger partial charge >= 0.3 is 6.09 Å². The number of likely N-dealkylation sites (N-methyl/N-ethyl adjacent to an activating group) is 1. The molecule has 4 rings (SSSR count). The number of aromatic hydroxyl groups is 1. The summed E-state index contributed by atoms with van der Waals surface area (Å²) in [6, 6.07) is 0.434. The molecule has 4 atom stereocenters. The van der Waals surface area contributed by atoms with Crippen LogP contribution in [0.15, 0.2) is 28.7 Å². The smallest absolute Gasteiger partial charge is 0.411 e.